The maximum Gasteiger partial charge on any atom is 0.243 e. The van der Waals surface area contributed by atoms with Crippen LogP contribution in [0, 0.1) is 6.92 Å². The van der Waals surface area contributed by atoms with Crippen LogP contribution in [0.1, 0.15) is 56.4 Å². The van der Waals surface area contributed by atoms with Crippen molar-refractivity contribution in [3.63, 3.8) is 0 Å². The van der Waals surface area contributed by atoms with Crippen molar-refractivity contribution in [1.82, 2.24) is 14.7 Å². The molecular formula is C23H33N5O3. The number of anilines is 1. The molecule has 2 heterocycles. The number of carbonyl (C=O) groups is 1. The summed E-state index contributed by atoms with van der Waals surface area (Å²) in [5, 5.41) is 22.2. The Hall–Kier alpha value is -2.42. The summed E-state index contributed by atoms with van der Waals surface area (Å²) < 4.78 is 0. The number of guanidine groups is 1. The summed E-state index contributed by atoms with van der Waals surface area (Å²) in [6.45, 7) is 3.93. The number of likely N-dealkylation sites (N-methyl/N-ethyl adjacent to an activating group) is 2. The van der Waals surface area contributed by atoms with E-state index in [1.54, 1.807) is 23.2 Å². The Morgan fingerprint density at radius 3 is 2.52 bits per heavy atom. The van der Waals surface area contributed by atoms with Crippen LogP contribution in [-0.4, -0.2) is 69.1 Å². The lowest BCUT2D eigenvalue weighted by Crippen LogP contribution is -2.67. The predicted molar refractivity (Wildman–Crippen MR) is 120 cm³/mol. The van der Waals surface area contributed by atoms with Crippen LogP contribution < -0.4 is 5.32 Å². The SMILES string of the molecule is Cc1cc(C(O)O)ccc1NC1=NC=C2C(N1C)N(C1CCCCC1)[C@H](C)C(=O)N2C. The van der Waals surface area contributed by atoms with Crippen molar-refractivity contribution >= 4 is 17.6 Å². The van der Waals surface area contributed by atoms with Crippen molar-refractivity contribution in [1.29, 1.82) is 0 Å². The van der Waals surface area contributed by atoms with Gasteiger partial charge in [-0.15, -0.1) is 0 Å². The molecule has 0 aromatic heterocycles. The zero-order valence-electron chi connectivity index (χ0n) is 18.7. The molecule has 0 spiro atoms. The largest absolute Gasteiger partial charge is 0.364 e. The Morgan fingerprint density at radius 2 is 1.87 bits per heavy atom. The van der Waals surface area contributed by atoms with Crippen LogP contribution in [0.25, 0.3) is 0 Å². The summed E-state index contributed by atoms with van der Waals surface area (Å²) in [5.74, 6) is 0.812. The second-order valence-corrected chi connectivity index (χ2v) is 8.88. The minimum atomic E-state index is -1.49. The number of piperazine rings is 1. The number of aryl methyl sites for hydroxylation is 1. The Morgan fingerprint density at radius 1 is 1.16 bits per heavy atom. The second-order valence-electron chi connectivity index (χ2n) is 8.88. The average molecular weight is 428 g/mol. The zero-order valence-corrected chi connectivity index (χ0v) is 18.7. The molecule has 2 aliphatic heterocycles. The summed E-state index contributed by atoms with van der Waals surface area (Å²) >= 11 is 0. The number of nitrogens with one attached hydrogen (secondary N) is 1. The van der Waals surface area contributed by atoms with Gasteiger partial charge in [-0.1, -0.05) is 25.3 Å². The maximum absolute atomic E-state index is 13.0. The van der Waals surface area contributed by atoms with Crippen molar-refractivity contribution in [2.75, 3.05) is 19.4 Å². The predicted octanol–water partition coefficient (Wildman–Crippen LogP) is 2.35. The van der Waals surface area contributed by atoms with Crippen LogP contribution in [0.15, 0.2) is 35.1 Å². The summed E-state index contributed by atoms with van der Waals surface area (Å²) in [7, 11) is 3.84. The summed E-state index contributed by atoms with van der Waals surface area (Å²) in [5.41, 5.74) is 3.10. The molecule has 1 unspecified atom stereocenters. The Kier molecular flexibility index (Phi) is 6.05. The van der Waals surface area contributed by atoms with Gasteiger partial charge < -0.3 is 25.3 Å². The highest BCUT2D eigenvalue weighted by Crippen LogP contribution is 2.35. The topological polar surface area (TPSA) is 91.6 Å². The Bertz CT molecular complexity index is 906. The Labute approximate surface area is 183 Å². The van der Waals surface area contributed by atoms with Crippen LogP contribution in [0.4, 0.5) is 5.69 Å². The minimum Gasteiger partial charge on any atom is -0.364 e. The molecule has 1 aromatic rings. The van der Waals surface area contributed by atoms with Crippen molar-refractivity contribution in [3.8, 4) is 0 Å². The molecule has 1 aliphatic carbocycles. The third kappa shape index (κ3) is 3.95. The number of aliphatic imine (C=N–C) groups is 1. The van der Waals surface area contributed by atoms with Gasteiger partial charge >= 0.3 is 0 Å². The molecule has 2 atom stereocenters. The highest BCUT2D eigenvalue weighted by atomic mass is 16.5. The van der Waals surface area contributed by atoms with Crippen LogP contribution >= 0.6 is 0 Å². The van der Waals surface area contributed by atoms with Crippen LogP contribution in [-0.2, 0) is 4.79 Å². The summed E-state index contributed by atoms with van der Waals surface area (Å²) in [4.78, 5) is 23.8. The molecule has 1 amide bonds. The van der Waals surface area contributed by atoms with Gasteiger partial charge in [-0.25, -0.2) is 4.99 Å². The molecule has 3 N–H and O–H groups in total. The van der Waals surface area contributed by atoms with Crippen LogP contribution in [0.5, 0.6) is 0 Å². The van der Waals surface area contributed by atoms with Crippen LogP contribution in [0.2, 0.25) is 0 Å². The number of aliphatic hydroxyl groups is 2. The number of hydrogen-bond donors (Lipinski definition) is 3. The normalized spacial score (nSPS) is 25.5. The lowest BCUT2D eigenvalue weighted by molar-refractivity contribution is -0.144. The van der Waals surface area contributed by atoms with Gasteiger partial charge in [-0.05, 0) is 44.4 Å². The van der Waals surface area contributed by atoms with Crippen molar-refractivity contribution in [2.24, 2.45) is 4.99 Å². The molecule has 1 aromatic carbocycles. The van der Waals surface area contributed by atoms with Gasteiger partial charge in [0.25, 0.3) is 0 Å². The molecular weight excluding hydrogens is 394 g/mol. The first-order valence-corrected chi connectivity index (χ1v) is 11.1. The molecule has 0 radical (unpaired) electrons. The number of nitrogens with zero attached hydrogens (tertiary/aromatic N) is 4. The van der Waals surface area contributed by atoms with Crippen molar-refractivity contribution in [2.45, 2.75) is 70.5 Å². The molecule has 1 saturated carbocycles. The van der Waals surface area contributed by atoms with E-state index in [2.05, 4.69) is 20.1 Å². The number of carbonyl (C=O) groups excluding carboxylic acids is 1. The number of hydrogen-bond acceptors (Lipinski definition) is 7. The van der Waals surface area contributed by atoms with E-state index in [4.69, 9.17) is 0 Å². The fourth-order valence-corrected chi connectivity index (χ4v) is 5.08. The molecule has 168 valence electrons. The molecule has 1 saturated heterocycles. The highest BCUT2D eigenvalue weighted by Gasteiger charge is 2.47. The fraction of sp³-hybridized carbons (Fsp3) is 0.565. The van der Waals surface area contributed by atoms with E-state index >= 15 is 0 Å². The molecule has 3 aliphatic rings. The summed E-state index contributed by atoms with van der Waals surface area (Å²) in [6.07, 6.45) is 6.14. The van der Waals surface area contributed by atoms with Gasteiger partial charge in [-0.2, -0.15) is 0 Å². The molecule has 31 heavy (non-hydrogen) atoms. The van der Waals surface area contributed by atoms with Gasteiger partial charge in [0.15, 0.2) is 6.29 Å². The minimum absolute atomic E-state index is 0.0698. The number of aliphatic hydroxyl groups excluding tert-OH is 1. The van der Waals surface area contributed by atoms with E-state index in [1.807, 2.05) is 34.0 Å². The van der Waals surface area contributed by atoms with E-state index in [0.29, 0.717) is 17.6 Å². The molecule has 8 heteroatoms. The van der Waals surface area contributed by atoms with Gasteiger partial charge in [0, 0.05) is 31.4 Å². The first kappa shape index (κ1) is 21.8. The number of amides is 1. The van der Waals surface area contributed by atoms with E-state index in [9.17, 15) is 15.0 Å². The third-order valence-corrected chi connectivity index (χ3v) is 6.88. The van der Waals surface area contributed by atoms with Gasteiger partial charge in [-0.3, -0.25) is 9.69 Å². The lowest BCUT2D eigenvalue weighted by atomic mass is 9.91. The number of benzene rings is 1. The average Bonchev–Trinajstić information content (AvgIpc) is 2.76. The second kappa shape index (κ2) is 8.61. The fourth-order valence-electron chi connectivity index (χ4n) is 5.08. The van der Waals surface area contributed by atoms with Crippen LogP contribution in [0.3, 0.4) is 0 Å². The van der Waals surface area contributed by atoms with Gasteiger partial charge in [0.1, 0.15) is 6.17 Å². The number of fused-ring (bicyclic) bond motifs is 1. The summed E-state index contributed by atoms with van der Waals surface area (Å²) in [6, 6.07) is 5.46. The van der Waals surface area contributed by atoms with E-state index in [-0.39, 0.29) is 18.1 Å². The zero-order chi connectivity index (χ0) is 22.3. The standard InChI is InChI=1S/C23H33N5O3/c1-14-12-16(22(30)31)10-11-18(14)25-23-24-13-19-20(27(23)4)28(15(2)21(29)26(19)3)17-8-6-5-7-9-17/h10-13,15,17,20,22,30-31H,5-9H2,1-4H3,(H,24,25)/t15-,20?/m1/s1. The lowest BCUT2D eigenvalue weighted by Gasteiger charge is -2.53. The van der Waals surface area contributed by atoms with E-state index in [0.717, 1.165) is 29.8 Å². The van der Waals surface area contributed by atoms with E-state index in [1.165, 1.54) is 19.3 Å². The smallest absolute Gasteiger partial charge is 0.243 e. The van der Waals surface area contributed by atoms with Crippen molar-refractivity contribution in [3.05, 3.63) is 41.2 Å². The molecule has 4 rings (SSSR count). The monoisotopic (exact) mass is 427 g/mol. The number of rotatable bonds is 3. The molecule has 2 fully saturated rings. The van der Waals surface area contributed by atoms with Gasteiger partial charge in [0.05, 0.1) is 17.9 Å². The van der Waals surface area contributed by atoms with Crippen molar-refractivity contribution < 1.29 is 15.0 Å². The highest BCUT2D eigenvalue weighted by molar-refractivity contribution is 5.96. The maximum atomic E-state index is 13.0. The first-order valence-electron chi connectivity index (χ1n) is 11.1. The molecule has 0 bridgehead atoms. The van der Waals surface area contributed by atoms with E-state index < -0.39 is 6.29 Å². The van der Waals surface area contributed by atoms with Gasteiger partial charge in [0.2, 0.25) is 11.9 Å². The molecule has 8 nitrogen and oxygen atoms in total. The quantitative estimate of drug-likeness (QED) is 0.642. The first-order chi connectivity index (χ1) is 14.8. The third-order valence-electron chi connectivity index (χ3n) is 6.88. The Balaban J connectivity index is 1.65.